The van der Waals surface area contributed by atoms with Crippen molar-refractivity contribution in [2.75, 3.05) is 5.32 Å². The van der Waals surface area contributed by atoms with Crippen LogP contribution in [-0.2, 0) is 34.8 Å². The summed E-state index contributed by atoms with van der Waals surface area (Å²) in [6.45, 7) is 4.79. The number of fused-ring (bicyclic) bond motifs is 2. The molecule has 31 heavy (non-hydrogen) atoms. The van der Waals surface area contributed by atoms with Gasteiger partial charge in [0.25, 0.3) is 0 Å². The van der Waals surface area contributed by atoms with Crippen molar-refractivity contribution in [1.29, 1.82) is 0 Å². The minimum atomic E-state index is -3.63. The lowest BCUT2D eigenvalue weighted by atomic mass is 9.95. The second-order valence-corrected chi connectivity index (χ2v) is 10.5. The Kier molecular flexibility index (Phi) is 5.24. The van der Waals surface area contributed by atoms with Gasteiger partial charge in [-0.25, -0.2) is 14.1 Å². The summed E-state index contributed by atoms with van der Waals surface area (Å²) in [5.41, 5.74) is 4.39. The quantitative estimate of drug-likeness (QED) is 0.626. The summed E-state index contributed by atoms with van der Waals surface area (Å²) in [7, 11) is -3.63. The Morgan fingerprint density at radius 2 is 2.10 bits per heavy atom. The van der Waals surface area contributed by atoms with E-state index in [0.717, 1.165) is 54.5 Å². The number of carbonyl (C=O) groups is 1. The maximum absolute atomic E-state index is 13.0. The van der Waals surface area contributed by atoms with Crippen molar-refractivity contribution in [3.63, 3.8) is 0 Å². The number of aryl methyl sites for hydroxylation is 2. The van der Waals surface area contributed by atoms with Crippen LogP contribution in [0.5, 0.6) is 0 Å². The molecular formula is C23H27N3O4S. The molecule has 0 aliphatic heterocycles. The molecular weight excluding hydrogens is 414 g/mol. The Morgan fingerprint density at radius 1 is 1.35 bits per heavy atom. The molecule has 1 aromatic carbocycles. The number of terminal acetylenes is 1. The molecule has 0 bridgehead atoms. The SMILES string of the molecule is C#C[C@H]1CCc2c1cc1c(c2NC(=O)N=S(N)(=O)c2cc(C(C)(C)O)c(C)o2)CCC1. The van der Waals surface area contributed by atoms with E-state index in [1.807, 2.05) is 0 Å². The van der Waals surface area contributed by atoms with Gasteiger partial charge in [-0.1, -0.05) is 12.0 Å². The van der Waals surface area contributed by atoms with E-state index in [4.69, 9.17) is 16.0 Å². The summed E-state index contributed by atoms with van der Waals surface area (Å²) in [6, 6.07) is 2.78. The molecule has 2 aromatic rings. The summed E-state index contributed by atoms with van der Waals surface area (Å²) in [5, 5.41) is 18.8. The first kappa shape index (κ1) is 21.6. The molecule has 8 heteroatoms. The maximum Gasteiger partial charge on any atom is 0.354 e. The minimum absolute atomic E-state index is 0.0403. The van der Waals surface area contributed by atoms with Gasteiger partial charge in [-0.2, -0.15) is 0 Å². The van der Waals surface area contributed by atoms with E-state index in [-0.39, 0.29) is 11.0 Å². The normalized spacial score (nSPS) is 19.3. The van der Waals surface area contributed by atoms with Gasteiger partial charge in [-0.15, -0.1) is 10.8 Å². The van der Waals surface area contributed by atoms with Crippen LogP contribution in [0, 0.1) is 19.3 Å². The molecule has 2 amide bonds. The lowest BCUT2D eigenvalue weighted by Crippen LogP contribution is -2.19. The van der Waals surface area contributed by atoms with Crippen molar-refractivity contribution in [2.45, 2.75) is 69.5 Å². The van der Waals surface area contributed by atoms with E-state index in [1.165, 1.54) is 11.6 Å². The van der Waals surface area contributed by atoms with E-state index in [9.17, 15) is 14.1 Å². The average molecular weight is 442 g/mol. The van der Waals surface area contributed by atoms with Gasteiger partial charge in [0.2, 0.25) is 5.09 Å². The van der Waals surface area contributed by atoms with Gasteiger partial charge in [0.05, 0.1) is 5.60 Å². The van der Waals surface area contributed by atoms with E-state index in [2.05, 4.69) is 21.7 Å². The summed E-state index contributed by atoms with van der Waals surface area (Å²) in [6.07, 6.45) is 10.1. The first-order chi connectivity index (χ1) is 14.5. The van der Waals surface area contributed by atoms with Crippen LogP contribution in [0.4, 0.5) is 10.5 Å². The number of rotatable bonds is 3. The third-order valence-electron chi connectivity index (χ3n) is 6.09. The molecule has 0 radical (unpaired) electrons. The summed E-state index contributed by atoms with van der Waals surface area (Å²) in [5.74, 6) is 3.25. The fourth-order valence-corrected chi connectivity index (χ4v) is 5.58. The lowest BCUT2D eigenvalue weighted by Gasteiger charge is -2.16. The molecule has 2 aliphatic rings. The van der Waals surface area contributed by atoms with Crippen molar-refractivity contribution in [2.24, 2.45) is 9.50 Å². The molecule has 1 unspecified atom stereocenters. The Balaban J connectivity index is 1.69. The number of aliphatic hydroxyl groups is 1. The molecule has 4 N–H and O–H groups in total. The Morgan fingerprint density at radius 3 is 2.74 bits per heavy atom. The van der Waals surface area contributed by atoms with Crippen LogP contribution in [0.15, 0.2) is 26.0 Å². The number of nitrogens with one attached hydrogen (secondary N) is 1. The molecule has 7 nitrogen and oxygen atoms in total. The van der Waals surface area contributed by atoms with Crippen molar-refractivity contribution in [3.8, 4) is 12.3 Å². The highest BCUT2D eigenvalue weighted by atomic mass is 32.2. The van der Waals surface area contributed by atoms with Gasteiger partial charge in [-0.05, 0) is 75.1 Å². The Hall–Kier alpha value is -2.60. The van der Waals surface area contributed by atoms with Gasteiger partial charge in [0, 0.05) is 23.2 Å². The smallest absolute Gasteiger partial charge is 0.354 e. The average Bonchev–Trinajstić information content (AvgIpc) is 3.38. The summed E-state index contributed by atoms with van der Waals surface area (Å²) >= 11 is 0. The Labute approximate surface area is 182 Å². The maximum atomic E-state index is 13.0. The number of carbonyl (C=O) groups excluding carboxylic acids is 1. The topological polar surface area (TPSA) is 118 Å². The van der Waals surface area contributed by atoms with Crippen LogP contribution in [-0.4, -0.2) is 15.3 Å². The van der Waals surface area contributed by atoms with E-state index < -0.39 is 21.5 Å². The number of benzene rings is 1. The number of anilines is 1. The predicted octanol–water partition coefficient (Wildman–Crippen LogP) is 3.90. The third-order valence-corrected chi connectivity index (χ3v) is 7.31. The summed E-state index contributed by atoms with van der Waals surface area (Å²) in [4.78, 5) is 12.8. The molecule has 0 fully saturated rings. The van der Waals surface area contributed by atoms with Crippen molar-refractivity contribution in [3.05, 3.63) is 45.7 Å². The second kappa shape index (κ2) is 7.52. The second-order valence-electron chi connectivity index (χ2n) is 8.75. The number of hydrogen-bond acceptors (Lipinski definition) is 4. The number of nitrogens with zero attached hydrogens (tertiary/aromatic N) is 1. The minimum Gasteiger partial charge on any atom is -0.450 e. The highest BCUT2D eigenvalue weighted by molar-refractivity contribution is 7.91. The number of furan rings is 1. The number of amides is 2. The van der Waals surface area contributed by atoms with Crippen LogP contribution >= 0.6 is 0 Å². The van der Waals surface area contributed by atoms with Gasteiger partial charge < -0.3 is 14.8 Å². The first-order valence-corrected chi connectivity index (χ1v) is 11.9. The monoisotopic (exact) mass is 441 g/mol. The van der Waals surface area contributed by atoms with Gasteiger partial charge >= 0.3 is 6.03 Å². The third kappa shape index (κ3) is 3.89. The standard InChI is InChI=1S/C23H27N3O4S/c1-5-14-9-10-17-18(14)11-15-7-6-8-16(15)21(17)25-22(27)26-31(24,29)20-12-19(13(2)30-20)23(3,4)28/h1,11-12,14,28H,6-10H2,2-4H3,(H3,24,25,26,27,29)/t14-,31?/m0/s1. The van der Waals surface area contributed by atoms with Gasteiger partial charge in [-0.3, -0.25) is 0 Å². The molecule has 0 saturated carbocycles. The molecule has 1 heterocycles. The zero-order chi connectivity index (χ0) is 22.6. The molecule has 4 rings (SSSR count). The summed E-state index contributed by atoms with van der Waals surface area (Å²) < 4.78 is 22.2. The van der Waals surface area contributed by atoms with Crippen LogP contribution in [0.1, 0.15) is 66.2 Å². The molecule has 0 spiro atoms. The van der Waals surface area contributed by atoms with Crippen LogP contribution in [0.3, 0.4) is 0 Å². The number of hydrogen-bond donors (Lipinski definition) is 3. The van der Waals surface area contributed by atoms with Gasteiger partial charge in [0.1, 0.15) is 5.76 Å². The van der Waals surface area contributed by atoms with E-state index >= 15 is 0 Å². The van der Waals surface area contributed by atoms with Crippen LogP contribution < -0.4 is 10.5 Å². The highest BCUT2D eigenvalue weighted by Crippen LogP contribution is 2.43. The largest absolute Gasteiger partial charge is 0.450 e. The van der Waals surface area contributed by atoms with Crippen molar-refractivity contribution >= 4 is 21.6 Å². The molecule has 2 atom stereocenters. The number of nitrogens with two attached hydrogens (primary N) is 1. The van der Waals surface area contributed by atoms with Crippen molar-refractivity contribution in [1.82, 2.24) is 0 Å². The van der Waals surface area contributed by atoms with E-state index in [0.29, 0.717) is 11.3 Å². The highest BCUT2D eigenvalue weighted by Gasteiger charge is 2.30. The molecule has 0 saturated heterocycles. The molecule has 164 valence electrons. The van der Waals surface area contributed by atoms with Crippen molar-refractivity contribution < 1.29 is 18.5 Å². The molecule has 2 aliphatic carbocycles. The Bertz CT molecular complexity index is 1240. The fraction of sp³-hybridized carbons (Fsp3) is 0.435. The first-order valence-electron chi connectivity index (χ1n) is 10.3. The van der Waals surface area contributed by atoms with Crippen LogP contribution in [0.2, 0.25) is 0 Å². The zero-order valence-electron chi connectivity index (χ0n) is 17.9. The van der Waals surface area contributed by atoms with Crippen LogP contribution in [0.25, 0.3) is 0 Å². The predicted molar refractivity (Wildman–Crippen MR) is 119 cm³/mol. The van der Waals surface area contributed by atoms with E-state index in [1.54, 1.807) is 20.8 Å². The molecule has 1 aromatic heterocycles. The zero-order valence-corrected chi connectivity index (χ0v) is 18.8. The lowest BCUT2D eigenvalue weighted by molar-refractivity contribution is 0.0769. The number of urea groups is 1. The van der Waals surface area contributed by atoms with Gasteiger partial charge in [0.15, 0.2) is 9.92 Å². The fourth-order valence-electron chi connectivity index (χ4n) is 4.67.